The molecule has 0 unspecified atom stereocenters. The Morgan fingerprint density at radius 2 is 1.00 bits per heavy atom. The molecule has 0 aliphatic heterocycles. The van der Waals surface area contributed by atoms with Gasteiger partial charge in [-0.25, -0.2) is 4.79 Å². The molecule has 0 saturated heterocycles. The Hall–Kier alpha value is -3.28. The Labute approximate surface area is 183 Å². The fourth-order valence-electron chi connectivity index (χ4n) is 2.75. The fourth-order valence-corrected chi connectivity index (χ4v) is 2.75. The first-order valence-corrected chi connectivity index (χ1v) is 9.98. The van der Waals surface area contributed by atoms with Crippen molar-refractivity contribution in [3.8, 4) is 0 Å². The lowest BCUT2D eigenvalue weighted by Crippen LogP contribution is -2.21. The molecule has 0 spiro atoms. The summed E-state index contributed by atoms with van der Waals surface area (Å²) in [5.74, 6) is -0.678. The van der Waals surface area contributed by atoms with E-state index in [0.29, 0.717) is 16.7 Å². The van der Waals surface area contributed by atoms with Crippen LogP contribution in [0.15, 0.2) is 53.7 Å². The Morgan fingerprint density at radius 3 is 1.35 bits per heavy atom. The number of nitrogens with zero attached hydrogens (tertiary/aromatic N) is 1. The molecule has 0 N–H and O–H groups in total. The summed E-state index contributed by atoms with van der Waals surface area (Å²) in [7, 11) is 1.35. The number of hydrogen-bond donors (Lipinski definition) is 0. The van der Waals surface area contributed by atoms with Crippen molar-refractivity contribution < 1.29 is 24.0 Å². The number of hydrogen-bond acceptors (Lipinski definition) is 6. The molecule has 0 fully saturated rings. The number of ketones is 2. The number of esters is 1. The molecular weight excluding hydrogens is 394 g/mol. The summed E-state index contributed by atoms with van der Waals surface area (Å²) in [6.45, 7) is 11.1. The van der Waals surface area contributed by atoms with E-state index in [-0.39, 0.29) is 23.0 Å². The van der Waals surface area contributed by atoms with Crippen molar-refractivity contribution in [1.29, 1.82) is 0 Å². The van der Waals surface area contributed by atoms with E-state index in [1.807, 2.05) is 41.5 Å². The first-order valence-electron chi connectivity index (χ1n) is 9.98. The maximum absolute atomic E-state index is 12.6. The second-order valence-electron chi connectivity index (χ2n) is 9.28. The van der Waals surface area contributed by atoms with Gasteiger partial charge in [-0.1, -0.05) is 65.8 Å². The van der Waals surface area contributed by atoms with Gasteiger partial charge in [0.2, 0.25) is 0 Å². The van der Waals surface area contributed by atoms with Gasteiger partial charge >= 0.3 is 5.97 Å². The number of oxime groups is 1. The highest BCUT2D eigenvalue weighted by molar-refractivity contribution is 6.06. The lowest BCUT2D eigenvalue weighted by Gasteiger charge is -2.17. The van der Waals surface area contributed by atoms with Crippen LogP contribution < -0.4 is 0 Å². The van der Waals surface area contributed by atoms with E-state index in [0.717, 1.165) is 0 Å². The zero-order valence-electron chi connectivity index (χ0n) is 19.1. The van der Waals surface area contributed by atoms with E-state index < -0.39 is 16.8 Å². The van der Waals surface area contributed by atoms with Crippen LogP contribution >= 0.6 is 0 Å². The van der Waals surface area contributed by atoms with E-state index in [1.165, 1.54) is 19.2 Å². The highest BCUT2D eigenvalue weighted by Crippen LogP contribution is 2.22. The standard InChI is InChI=1S/C25H29NO5/c1-24(2,3)20(27)16-8-12-18(13-9-16)22(26-30-7)31-23(29)19-14-10-17(11-15-19)21(28)25(4,5)6/h8-15H,1-7H3/b26-22-. The number of ether oxygens (including phenoxy) is 1. The summed E-state index contributed by atoms with van der Waals surface area (Å²) in [5.41, 5.74) is 0.820. The Morgan fingerprint density at radius 1 is 0.645 bits per heavy atom. The van der Waals surface area contributed by atoms with E-state index in [4.69, 9.17) is 9.57 Å². The second-order valence-corrected chi connectivity index (χ2v) is 9.28. The molecule has 0 atom stereocenters. The van der Waals surface area contributed by atoms with Crippen molar-refractivity contribution in [2.75, 3.05) is 7.11 Å². The van der Waals surface area contributed by atoms with Gasteiger partial charge in [0.25, 0.3) is 5.90 Å². The monoisotopic (exact) mass is 423 g/mol. The van der Waals surface area contributed by atoms with Gasteiger partial charge in [0.15, 0.2) is 11.6 Å². The minimum atomic E-state index is -0.639. The van der Waals surface area contributed by atoms with Crippen molar-refractivity contribution in [1.82, 2.24) is 0 Å². The molecule has 2 rings (SSSR count). The average molecular weight is 424 g/mol. The highest BCUT2D eigenvalue weighted by Gasteiger charge is 2.24. The minimum Gasteiger partial charge on any atom is -0.400 e. The molecule has 0 amide bonds. The minimum absolute atomic E-state index is 0.00571. The van der Waals surface area contributed by atoms with Crippen molar-refractivity contribution in [3.63, 3.8) is 0 Å². The zero-order chi connectivity index (χ0) is 23.4. The molecule has 0 heterocycles. The van der Waals surface area contributed by atoms with Gasteiger partial charge in [0.1, 0.15) is 7.11 Å². The molecule has 164 valence electrons. The lowest BCUT2D eigenvalue weighted by molar-refractivity contribution is 0.0702. The van der Waals surface area contributed by atoms with Gasteiger partial charge in [-0.3, -0.25) is 9.59 Å². The lowest BCUT2D eigenvalue weighted by atomic mass is 9.86. The first kappa shape index (κ1) is 24.0. The predicted molar refractivity (Wildman–Crippen MR) is 119 cm³/mol. The van der Waals surface area contributed by atoms with Crippen LogP contribution in [0.4, 0.5) is 0 Å². The zero-order valence-corrected chi connectivity index (χ0v) is 19.1. The molecule has 2 aromatic rings. The van der Waals surface area contributed by atoms with Crippen molar-refractivity contribution in [3.05, 3.63) is 70.8 Å². The van der Waals surface area contributed by atoms with Crippen LogP contribution in [0.2, 0.25) is 0 Å². The van der Waals surface area contributed by atoms with Crippen LogP contribution in [0.5, 0.6) is 0 Å². The van der Waals surface area contributed by atoms with Crippen LogP contribution in [0.3, 0.4) is 0 Å². The third-order valence-corrected chi connectivity index (χ3v) is 4.50. The molecular formula is C25H29NO5. The molecule has 0 aliphatic carbocycles. The quantitative estimate of drug-likeness (QED) is 0.214. The summed E-state index contributed by atoms with van der Waals surface area (Å²) in [6, 6.07) is 12.9. The summed E-state index contributed by atoms with van der Waals surface area (Å²) in [4.78, 5) is 42.2. The average Bonchev–Trinajstić information content (AvgIpc) is 2.71. The van der Waals surface area contributed by atoms with Gasteiger partial charge in [-0.05, 0) is 29.4 Å². The molecule has 6 nitrogen and oxygen atoms in total. The molecule has 0 saturated carbocycles. The smallest absolute Gasteiger partial charge is 0.344 e. The Balaban J connectivity index is 2.20. The maximum atomic E-state index is 12.6. The molecule has 6 heteroatoms. The van der Waals surface area contributed by atoms with Crippen LogP contribution in [0.25, 0.3) is 0 Å². The van der Waals surface area contributed by atoms with Gasteiger partial charge in [0.05, 0.1) is 5.56 Å². The summed E-state index contributed by atoms with van der Waals surface area (Å²) in [5, 5.41) is 3.80. The Kier molecular flexibility index (Phi) is 7.16. The second kappa shape index (κ2) is 9.25. The molecule has 0 radical (unpaired) electrons. The van der Waals surface area contributed by atoms with Crippen LogP contribution in [0, 0.1) is 10.8 Å². The van der Waals surface area contributed by atoms with E-state index in [9.17, 15) is 14.4 Å². The number of rotatable bonds is 5. The third kappa shape index (κ3) is 6.10. The number of carbonyl (C=O) groups excluding carboxylic acids is 3. The van der Waals surface area contributed by atoms with Crippen LogP contribution in [-0.2, 0) is 9.57 Å². The maximum Gasteiger partial charge on any atom is 0.344 e. The van der Waals surface area contributed by atoms with Crippen LogP contribution in [-0.4, -0.2) is 30.5 Å². The molecule has 31 heavy (non-hydrogen) atoms. The fraction of sp³-hybridized carbons (Fsp3) is 0.360. The van der Waals surface area contributed by atoms with Crippen molar-refractivity contribution in [2.45, 2.75) is 41.5 Å². The largest absolute Gasteiger partial charge is 0.400 e. The number of carbonyl (C=O) groups is 3. The number of benzene rings is 2. The summed E-state index contributed by atoms with van der Waals surface area (Å²) < 4.78 is 5.41. The summed E-state index contributed by atoms with van der Waals surface area (Å²) >= 11 is 0. The molecule has 0 aromatic heterocycles. The van der Waals surface area contributed by atoms with Gasteiger partial charge < -0.3 is 9.57 Å². The Bertz CT molecular complexity index is 988. The SMILES string of the molecule is CO/N=C(\OC(=O)c1ccc(C(=O)C(C)(C)C)cc1)c1ccc(C(=O)C(C)(C)C)cc1. The van der Waals surface area contributed by atoms with E-state index in [1.54, 1.807) is 36.4 Å². The molecule has 2 aromatic carbocycles. The van der Waals surface area contributed by atoms with Crippen molar-refractivity contribution in [2.24, 2.45) is 16.0 Å². The molecule has 0 bridgehead atoms. The van der Waals surface area contributed by atoms with Gasteiger partial charge in [-0.2, -0.15) is 0 Å². The number of Topliss-reactive ketones (excluding diaryl/α,β-unsaturated/α-hetero) is 2. The van der Waals surface area contributed by atoms with Gasteiger partial charge in [-0.15, -0.1) is 0 Å². The van der Waals surface area contributed by atoms with Crippen molar-refractivity contribution >= 4 is 23.4 Å². The molecule has 0 aliphatic rings. The van der Waals surface area contributed by atoms with Gasteiger partial charge in [0, 0.05) is 27.5 Å². The van der Waals surface area contributed by atoms with E-state index >= 15 is 0 Å². The predicted octanol–water partition coefficient (Wildman–Crippen LogP) is 5.31. The summed E-state index contributed by atoms with van der Waals surface area (Å²) in [6.07, 6.45) is 0. The first-order chi connectivity index (χ1) is 14.3. The highest BCUT2D eigenvalue weighted by atomic mass is 16.6. The third-order valence-electron chi connectivity index (χ3n) is 4.50. The van der Waals surface area contributed by atoms with E-state index in [2.05, 4.69) is 5.16 Å². The van der Waals surface area contributed by atoms with Crippen LogP contribution in [0.1, 0.15) is 78.2 Å². The normalized spacial score (nSPS) is 12.3. The topological polar surface area (TPSA) is 82.0 Å².